The smallest absolute Gasteiger partial charge is 0.0712 e. The van der Waals surface area contributed by atoms with Gasteiger partial charge in [0.2, 0.25) is 0 Å². The van der Waals surface area contributed by atoms with Gasteiger partial charge in [-0.05, 0) is 74.5 Å². The number of para-hydroxylation sites is 1. The average molecular weight is 351 g/mol. The molecule has 2 nitrogen and oxygen atoms in total. The first kappa shape index (κ1) is 16.6. The Morgan fingerprint density at radius 2 is 1.76 bits per heavy atom. The Morgan fingerprint density at radius 1 is 1.00 bits per heavy atom. The van der Waals surface area contributed by atoms with Gasteiger partial charge in [-0.25, -0.2) is 4.98 Å². The predicted molar refractivity (Wildman–Crippen MR) is 106 cm³/mol. The van der Waals surface area contributed by atoms with Gasteiger partial charge in [0.25, 0.3) is 0 Å². The number of nitrogens with one attached hydrogen (secondary N) is 1. The van der Waals surface area contributed by atoms with Crippen molar-refractivity contribution in [1.82, 2.24) is 10.3 Å². The lowest BCUT2D eigenvalue weighted by Gasteiger charge is -2.22. The average Bonchev–Trinajstić information content (AvgIpc) is 2.67. The van der Waals surface area contributed by atoms with Crippen molar-refractivity contribution in [2.75, 3.05) is 13.1 Å². The van der Waals surface area contributed by atoms with Crippen molar-refractivity contribution in [3.8, 4) is 11.3 Å². The molecule has 1 aliphatic rings. The Labute approximate surface area is 154 Å². The van der Waals surface area contributed by atoms with Crippen LogP contribution in [0.4, 0.5) is 0 Å². The standard InChI is InChI=1S/C22H23ClN2/c23-19-9-7-17(8-10-19)22-15-18(6-5-16-11-13-24-14-12-16)20-3-1-2-4-21(20)25-22/h1-4,7-10,15-16,24H,5-6,11-14H2. The first-order chi connectivity index (χ1) is 12.3. The third-order valence-corrected chi connectivity index (χ3v) is 5.47. The van der Waals surface area contributed by atoms with E-state index in [0.717, 1.165) is 47.2 Å². The fourth-order valence-corrected chi connectivity index (χ4v) is 3.88. The molecule has 1 aliphatic heterocycles. The summed E-state index contributed by atoms with van der Waals surface area (Å²) in [5, 5.41) is 5.50. The Balaban J connectivity index is 1.67. The first-order valence-corrected chi connectivity index (χ1v) is 9.53. The molecule has 3 aromatic rings. The number of hydrogen-bond donors (Lipinski definition) is 1. The van der Waals surface area contributed by atoms with E-state index in [1.807, 2.05) is 12.1 Å². The number of fused-ring (bicyclic) bond motifs is 1. The lowest BCUT2D eigenvalue weighted by molar-refractivity contribution is 0.354. The van der Waals surface area contributed by atoms with Crippen LogP contribution in [0.25, 0.3) is 22.2 Å². The second-order valence-electron chi connectivity index (χ2n) is 6.92. The zero-order valence-corrected chi connectivity index (χ0v) is 15.1. The van der Waals surface area contributed by atoms with E-state index in [-0.39, 0.29) is 0 Å². The van der Waals surface area contributed by atoms with Gasteiger partial charge in [-0.3, -0.25) is 0 Å². The summed E-state index contributed by atoms with van der Waals surface area (Å²) in [6.45, 7) is 2.33. The molecule has 0 amide bonds. The van der Waals surface area contributed by atoms with E-state index in [1.165, 1.54) is 30.2 Å². The molecule has 0 saturated carbocycles. The minimum absolute atomic E-state index is 0.760. The molecule has 1 aromatic heterocycles. The predicted octanol–water partition coefficient (Wildman–Crippen LogP) is 5.49. The van der Waals surface area contributed by atoms with Crippen molar-refractivity contribution in [2.45, 2.75) is 25.7 Å². The van der Waals surface area contributed by atoms with Gasteiger partial charge in [-0.2, -0.15) is 0 Å². The van der Waals surface area contributed by atoms with E-state index >= 15 is 0 Å². The molecule has 1 N–H and O–H groups in total. The molecule has 1 saturated heterocycles. The molecule has 1 fully saturated rings. The summed E-state index contributed by atoms with van der Waals surface area (Å²) in [6.07, 6.45) is 4.98. The maximum Gasteiger partial charge on any atom is 0.0712 e. The van der Waals surface area contributed by atoms with Crippen LogP contribution in [0.1, 0.15) is 24.8 Å². The number of piperidine rings is 1. The largest absolute Gasteiger partial charge is 0.317 e. The molecule has 25 heavy (non-hydrogen) atoms. The van der Waals surface area contributed by atoms with Crippen LogP contribution in [0.3, 0.4) is 0 Å². The van der Waals surface area contributed by atoms with Gasteiger partial charge in [-0.15, -0.1) is 0 Å². The zero-order valence-electron chi connectivity index (χ0n) is 14.3. The number of nitrogens with zero attached hydrogens (tertiary/aromatic N) is 1. The highest BCUT2D eigenvalue weighted by Gasteiger charge is 2.14. The Morgan fingerprint density at radius 3 is 2.56 bits per heavy atom. The molecule has 0 aliphatic carbocycles. The fourth-order valence-electron chi connectivity index (χ4n) is 3.75. The molecule has 3 heteroatoms. The third-order valence-electron chi connectivity index (χ3n) is 5.22. The van der Waals surface area contributed by atoms with Crippen LogP contribution in [-0.2, 0) is 6.42 Å². The first-order valence-electron chi connectivity index (χ1n) is 9.15. The summed E-state index contributed by atoms with van der Waals surface area (Å²) in [5.74, 6) is 0.840. The van der Waals surface area contributed by atoms with E-state index in [9.17, 15) is 0 Å². The molecular weight excluding hydrogens is 328 g/mol. The summed E-state index contributed by atoms with van der Waals surface area (Å²) in [6, 6.07) is 18.7. The van der Waals surface area contributed by atoms with Crippen LogP contribution in [0, 0.1) is 5.92 Å². The molecule has 0 bridgehead atoms. The van der Waals surface area contributed by atoms with E-state index in [4.69, 9.17) is 16.6 Å². The molecule has 4 rings (SSSR count). The number of benzene rings is 2. The maximum atomic E-state index is 6.04. The van der Waals surface area contributed by atoms with Crippen molar-refractivity contribution in [2.24, 2.45) is 5.92 Å². The molecule has 2 aromatic carbocycles. The minimum Gasteiger partial charge on any atom is -0.317 e. The second kappa shape index (κ2) is 7.55. The normalized spacial score (nSPS) is 15.6. The number of hydrogen-bond acceptors (Lipinski definition) is 2. The van der Waals surface area contributed by atoms with Gasteiger partial charge in [0, 0.05) is 16.0 Å². The maximum absolute atomic E-state index is 6.04. The summed E-state index contributed by atoms with van der Waals surface area (Å²) < 4.78 is 0. The molecule has 0 radical (unpaired) electrons. The second-order valence-corrected chi connectivity index (χ2v) is 7.36. The van der Waals surface area contributed by atoms with Crippen molar-refractivity contribution in [3.63, 3.8) is 0 Å². The molecule has 2 heterocycles. The van der Waals surface area contributed by atoms with Crippen LogP contribution in [-0.4, -0.2) is 18.1 Å². The number of aryl methyl sites for hydroxylation is 1. The number of rotatable bonds is 4. The Kier molecular flexibility index (Phi) is 5.00. The van der Waals surface area contributed by atoms with Crippen LogP contribution in [0.5, 0.6) is 0 Å². The number of halogens is 1. The van der Waals surface area contributed by atoms with Gasteiger partial charge in [-0.1, -0.05) is 41.9 Å². The summed E-state index contributed by atoms with van der Waals surface area (Å²) >= 11 is 6.04. The van der Waals surface area contributed by atoms with Gasteiger partial charge in [0.15, 0.2) is 0 Å². The van der Waals surface area contributed by atoms with Crippen LogP contribution >= 0.6 is 11.6 Å². The highest BCUT2D eigenvalue weighted by atomic mass is 35.5. The zero-order chi connectivity index (χ0) is 17.1. The third kappa shape index (κ3) is 3.86. The quantitative estimate of drug-likeness (QED) is 0.673. The SMILES string of the molecule is Clc1ccc(-c2cc(CCC3CCNCC3)c3ccccc3n2)cc1. The molecule has 0 unspecified atom stereocenters. The molecule has 0 atom stereocenters. The topological polar surface area (TPSA) is 24.9 Å². The monoisotopic (exact) mass is 350 g/mol. The van der Waals surface area contributed by atoms with Gasteiger partial charge in [0.1, 0.15) is 0 Å². The Hall–Kier alpha value is -1.90. The van der Waals surface area contributed by atoms with E-state index < -0.39 is 0 Å². The number of aromatic nitrogens is 1. The van der Waals surface area contributed by atoms with E-state index in [2.05, 4.69) is 47.8 Å². The van der Waals surface area contributed by atoms with E-state index in [1.54, 1.807) is 0 Å². The van der Waals surface area contributed by atoms with Gasteiger partial charge < -0.3 is 5.32 Å². The van der Waals surface area contributed by atoms with Crippen molar-refractivity contribution < 1.29 is 0 Å². The molecule has 128 valence electrons. The molecule has 0 spiro atoms. The van der Waals surface area contributed by atoms with Crippen molar-refractivity contribution in [1.29, 1.82) is 0 Å². The summed E-state index contributed by atoms with van der Waals surface area (Å²) in [7, 11) is 0. The summed E-state index contributed by atoms with van der Waals surface area (Å²) in [5.41, 5.74) is 4.65. The van der Waals surface area contributed by atoms with E-state index in [0.29, 0.717) is 0 Å². The Bertz CT molecular complexity index is 852. The highest BCUT2D eigenvalue weighted by molar-refractivity contribution is 6.30. The van der Waals surface area contributed by atoms with Crippen LogP contribution < -0.4 is 5.32 Å². The fraction of sp³-hybridized carbons (Fsp3) is 0.318. The van der Waals surface area contributed by atoms with Crippen LogP contribution in [0.15, 0.2) is 54.6 Å². The number of pyridine rings is 1. The van der Waals surface area contributed by atoms with Gasteiger partial charge >= 0.3 is 0 Å². The van der Waals surface area contributed by atoms with Crippen molar-refractivity contribution >= 4 is 22.5 Å². The van der Waals surface area contributed by atoms with Crippen LogP contribution in [0.2, 0.25) is 5.02 Å². The summed E-state index contributed by atoms with van der Waals surface area (Å²) in [4.78, 5) is 4.88. The lowest BCUT2D eigenvalue weighted by atomic mass is 9.90. The van der Waals surface area contributed by atoms with Gasteiger partial charge in [0.05, 0.1) is 11.2 Å². The van der Waals surface area contributed by atoms with Crippen molar-refractivity contribution in [3.05, 3.63) is 65.2 Å². The lowest BCUT2D eigenvalue weighted by Crippen LogP contribution is -2.27. The highest BCUT2D eigenvalue weighted by Crippen LogP contribution is 2.28. The molecular formula is C22H23ClN2. The minimum atomic E-state index is 0.760.